The van der Waals surface area contributed by atoms with Crippen LogP contribution in [-0.2, 0) is 16.0 Å². The van der Waals surface area contributed by atoms with Gasteiger partial charge in [0.1, 0.15) is 11.6 Å². The molecule has 3 rings (SSSR count). The average Bonchev–Trinajstić information content (AvgIpc) is 3.43. The van der Waals surface area contributed by atoms with E-state index in [-0.39, 0.29) is 17.8 Å². The summed E-state index contributed by atoms with van der Waals surface area (Å²) in [5.74, 6) is -0.923. The van der Waals surface area contributed by atoms with Crippen LogP contribution in [0.25, 0.3) is 0 Å². The Morgan fingerprint density at radius 3 is 2.44 bits per heavy atom. The van der Waals surface area contributed by atoms with E-state index in [0.717, 1.165) is 18.4 Å². The maximum absolute atomic E-state index is 13.9. The Bertz CT molecular complexity index is 830. The lowest BCUT2D eigenvalue weighted by atomic mass is 9.94. The molecule has 1 atom stereocenters. The van der Waals surface area contributed by atoms with Crippen molar-refractivity contribution in [3.8, 4) is 5.75 Å². The van der Waals surface area contributed by atoms with Gasteiger partial charge in [-0.25, -0.2) is 9.18 Å². The molecule has 0 radical (unpaired) electrons. The van der Waals surface area contributed by atoms with Crippen LogP contribution < -0.4 is 10.1 Å². The highest BCUT2D eigenvalue weighted by atomic mass is 19.1. The lowest BCUT2D eigenvalue weighted by Crippen LogP contribution is -2.35. The quantitative estimate of drug-likeness (QED) is 0.745. The smallest absolute Gasteiger partial charge is 0.341 e. The number of carbonyl (C=O) groups excluding carboxylic acids is 1. The molecule has 6 heteroatoms. The molecule has 2 aromatic rings. The second-order valence-electron chi connectivity index (χ2n) is 7.00. The van der Waals surface area contributed by atoms with Crippen LogP contribution >= 0.6 is 0 Å². The zero-order chi connectivity index (χ0) is 19.4. The first-order valence-corrected chi connectivity index (χ1v) is 8.88. The van der Waals surface area contributed by atoms with Gasteiger partial charge in [0, 0.05) is 0 Å². The highest BCUT2D eigenvalue weighted by molar-refractivity contribution is 5.86. The molecule has 142 valence electrons. The van der Waals surface area contributed by atoms with E-state index < -0.39 is 18.0 Å². The molecule has 1 fully saturated rings. The Balaban J connectivity index is 1.60. The molecule has 1 amide bonds. The van der Waals surface area contributed by atoms with Gasteiger partial charge in [0.15, 0.2) is 6.61 Å². The van der Waals surface area contributed by atoms with Crippen molar-refractivity contribution >= 4 is 11.9 Å². The highest BCUT2D eigenvalue weighted by Gasteiger charge is 2.50. The van der Waals surface area contributed by atoms with Crippen LogP contribution in [0.15, 0.2) is 48.5 Å². The molecule has 0 spiro atoms. The van der Waals surface area contributed by atoms with Crippen LogP contribution in [-0.4, -0.2) is 23.6 Å². The minimum atomic E-state index is -1.04. The lowest BCUT2D eigenvalue weighted by Gasteiger charge is -2.20. The number of carboxylic acid groups (broad SMARTS) is 1. The van der Waals surface area contributed by atoms with Crippen LogP contribution in [0, 0.1) is 11.2 Å². The molecule has 0 aliphatic heterocycles. The van der Waals surface area contributed by atoms with E-state index in [2.05, 4.69) is 5.32 Å². The Hall–Kier alpha value is -2.89. The summed E-state index contributed by atoms with van der Waals surface area (Å²) in [7, 11) is 0. The third-order valence-electron chi connectivity index (χ3n) is 4.91. The standard InChI is InChI=1S/C21H22FNO4/c1-14(15-6-8-17(9-7-15)27-13-19(24)25)23-20(26)21(10-11-21)12-16-4-2-3-5-18(16)22/h2-9,14H,10-13H2,1H3,(H,23,26)(H,24,25). The molecule has 1 aliphatic rings. The van der Waals surface area contributed by atoms with Gasteiger partial charge in [-0.05, 0) is 55.5 Å². The molecule has 27 heavy (non-hydrogen) atoms. The maximum atomic E-state index is 13.9. The molecule has 0 bridgehead atoms. The number of hydrogen-bond acceptors (Lipinski definition) is 3. The number of hydrogen-bond donors (Lipinski definition) is 2. The second-order valence-corrected chi connectivity index (χ2v) is 7.00. The van der Waals surface area contributed by atoms with Crippen molar-refractivity contribution in [2.45, 2.75) is 32.2 Å². The molecule has 5 nitrogen and oxygen atoms in total. The zero-order valence-electron chi connectivity index (χ0n) is 15.1. The van der Waals surface area contributed by atoms with E-state index in [9.17, 15) is 14.0 Å². The van der Waals surface area contributed by atoms with E-state index in [1.54, 1.807) is 42.5 Å². The van der Waals surface area contributed by atoms with E-state index in [0.29, 0.717) is 17.7 Å². The first-order valence-electron chi connectivity index (χ1n) is 8.88. The highest BCUT2D eigenvalue weighted by Crippen LogP contribution is 2.49. The number of benzene rings is 2. The van der Waals surface area contributed by atoms with Crippen molar-refractivity contribution in [1.29, 1.82) is 0 Å². The monoisotopic (exact) mass is 371 g/mol. The van der Waals surface area contributed by atoms with Crippen LogP contribution in [0.3, 0.4) is 0 Å². The summed E-state index contributed by atoms with van der Waals surface area (Å²) in [4.78, 5) is 23.3. The molecule has 0 aromatic heterocycles. The summed E-state index contributed by atoms with van der Waals surface area (Å²) in [5.41, 5.74) is 0.923. The summed E-state index contributed by atoms with van der Waals surface area (Å²) >= 11 is 0. The Labute approximate surface area is 157 Å². The molecule has 0 heterocycles. The van der Waals surface area contributed by atoms with Gasteiger partial charge in [-0.2, -0.15) is 0 Å². The van der Waals surface area contributed by atoms with Crippen molar-refractivity contribution < 1.29 is 23.8 Å². The summed E-state index contributed by atoms with van der Waals surface area (Å²) in [6, 6.07) is 13.3. The average molecular weight is 371 g/mol. The van der Waals surface area contributed by atoms with E-state index in [1.807, 2.05) is 6.92 Å². The Kier molecular flexibility index (Phi) is 5.44. The van der Waals surface area contributed by atoms with Crippen molar-refractivity contribution in [2.24, 2.45) is 5.41 Å². The molecule has 0 saturated heterocycles. The van der Waals surface area contributed by atoms with Crippen LogP contribution in [0.2, 0.25) is 0 Å². The minimum Gasteiger partial charge on any atom is -0.482 e. The number of rotatable bonds is 8. The van der Waals surface area contributed by atoms with Crippen molar-refractivity contribution in [2.75, 3.05) is 6.61 Å². The predicted molar refractivity (Wildman–Crippen MR) is 97.9 cm³/mol. The van der Waals surface area contributed by atoms with E-state index in [4.69, 9.17) is 9.84 Å². The second kappa shape index (κ2) is 7.78. The molecular formula is C21H22FNO4. The zero-order valence-corrected chi connectivity index (χ0v) is 15.1. The number of carbonyl (C=O) groups is 2. The predicted octanol–water partition coefficient (Wildman–Crippen LogP) is 3.49. The largest absolute Gasteiger partial charge is 0.482 e. The molecule has 2 N–H and O–H groups in total. The maximum Gasteiger partial charge on any atom is 0.341 e. The van der Waals surface area contributed by atoms with Gasteiger partial charge >= 0.3 is 5.97 Å². The normalized spacial score (nSPS) is 15.6. The number of carboxylic acids is 1. The molecule has 1 unspecified atom stereocenters. The van der Waals surface area contributed by atoms with Gasteiger partial charge in [0.25, 0.3) is 0 Å². The van der Waals surface area contributed by atoms with Gasteiger partial charge in [-0.15, -0.1) is 0 Å². The first kappa shape index (κ1) is 18.9. The molecular weight excluding hydrogens is 349 g/mol. The number of halogens is 1. The third kappa shape index (κ3) is 4.64. The summed E-state index contributed by atoms with van der Waals surface area (Å²) in [6.07, 6.45) is 1.91. The van der Waals surface area contributed by atoms with Crippen LogP contribution in [0.1, 0.15) is 36.9 Å². The fourth-order valence-electron chi connectivity index (χ4n) is 3.07. The number of aliphatic carboxylic acids is 1. The molecule has 2 aromatic carbocycles. The van der Waals surface area contributed by atoms with E-state index >= 15 is 0 Å². The van der Waals surface area contributed by atoms with Gasteiger partial charge in [0.2, 0.25) is 5.91 Å². The molecule has 1 aliphatic carbocycles. The molecule has 1 saturated carbocycles. The Morgan fingerprint density at radius 1 is 1.19 bits per heavy atom. The number of ether oxygens (including phenoxy) is 1. The van der Waals surface area contributed by atoms with Gasteiger partial charge in [0.05, 0.1) is 11.5 Å². The fraction of sp³-hybridized carbons (Fsp3) is 0.333. The summed E-state index contributed by atoms with van der Waals surface area (Å²) < 4.78 is 19.0. The number of nitrogens with one attached hydrogen (secondary N) is 1. The summed E-state index contributed by atoms with van der Waals surface area (Å²) in [6.45, 7) is 1.48. The number of amides is 1. The van der Waals surface area contributed by atoms with Gasteiger partial charge in [-0.1, -0.05) is 30.3 Å². The van der Waals surface area contributed by atoms with Crippen molar-refractivity contribution in [3.05, 3.63) is 65.5 Å². The van der Waals surface area contributed by atoms with E-state index in [1.165, 1.54) is 6.07 Å². The minimum absolute atomic E-state index is 0.0653. The topological polar surface area (TPSA) is 75.6 Å². The third-order valence-corrected chi connectivity index (χ3v) is 4.91. The SMILES string of the molecule is CC(NC(=O)C1(Cc2ccccc2F)CC1)c1ccc(OCC(=O)O)cc1. The van der Waals surface area contributed by atoms with Crippen molar-refractivity contribution in [1.82, 2.24) is 5.32 Å². The fourth-order valence-corrected chi connectivity index (χ4v) is 3.07. The Morgan fingerprint density at radius 2 is 1.85 bits per heavy atom. The van der Waals surface area contributed by atoms with Gasteiger partial charge in [-0.3, -0.25) is 4.79 Å². The van der Waals surface area contributed by atoms with Crippen LogP contribution in [0.5, 0.6) is 5.75 Å². The lowest BCUT2D eigenvalue weighted by molar-refractivity contribution is -0.139. The van der Waals surface area contributed by atoms with Crippen LogP contribution in [0.4, 0.5) is 4.39 Å². The summed E-state index contributed by atoms with van der Waals surface area (Å²) in [5, 5.41) is 11.6. The van der Waals surface area contributed by atoms with Crippen molar-refractivity contribution in [3.63, 3.8) is 0 Å². The van der Waals surface area contributed by atoms with Gasteiger partial charge < -0.3 is 15.2 Å². The first-order chi connectivity index (χ1) is 12.9.